The lowest BCUT2D eigenvalue weighted by molar-refractivity contribution is -0.114. The molecule has 0 aliphatic heterocycles. The predicted molar refractivity (Wildman–Crippen MR) is 117 cm³/mol. The van der Waals surface area contributed by atoms with Crippen LogP contribution in [0.1, 0.15) is 23.6 Å². The molecule has 0 saturated heterocycles. The number of amides is 1. The minimum Gasteiger partial charge on any atom is -0.493 e. The van der Waals surface area contributed by atoms with Gasteiger partial charge in [-0.15, -0.1) is 0 Å². The summed E-state index contributed by atoms with van der Waals surface area (Å²) in [6.45, 7) is 4.71. The van der Waals surface area contributed by atoms with Gasteiger partial charge in [-0.05, 0) is 54.4 Å². The number of hydrogen-bond donors (Lipinski definition) is 2. The Balaban J connectivity index is 1.60. The minimum atomic E-state index is -0.0810. The van der Waals surface area contributed by atoms with Gasteiger partial charge in [-0.25, -0.2) is 0 Å². The number of carbonyl (C=O) groups excluding carboxylic acids is 1. The van der Waals surface area contributed by atoms with E-state index in [9.17, 15) is 4.79 Å². The van der Waals surface area contributed by atoms with Crippen molar-refractivity contribution in [3.63, 3.8) is 0 Å². The predicted octanol–water partition coefficient (Wildman–Crippen LogP) is 5.15. The minimum absolute atomic E-state index is 0.0810. The summed E-state index contributed by atoms with van der Waals surface area (Å²) in [7, 11) is 1.65. The molecule has 2 N–H and O–H groups in total. The Hall–Kier alpha value is -3.47. The Morgan fingerprint density at radius 1 is 0.897 bits per heavy atom. The average Bonchev–Trinajstić information content (AvgIpc) is 2.71. The van der Waals surface area contributed by atoms with E-state index in [0.29, 0.717) is 18.9 Å². The van der Waals surface area contributed by atoms with Gasteiger partial charge in [-0.2, -0.15) is 0 Å². The van der Waals surface area contributed by atoms with Crippen LogP contribution in [0.5, 0.6) is 11.5 Å². The highest BCUT2D eigenvalue weighted by atomic mass is 16.5. The number of ether oxygens (including phenoxy) is 2. The molecule has 0 aromatic heterocycles. The topological polar surface area (TPSA) is 59.6 Å². The lowest BCUT2D eigenvalue weighted by Crippen LogP contribution is -2.06. The number of methoxy groups -OCH3 is 1. The summed E-state index contributed by atoms with van der Waals surface area (Å²) in [6, 6.07) is 21.8. The summed E-state index contributed by atoms with van der Waals surface area (Å²) in [4.78, 5) is 11.1. The molecule has 0 aliphatic rings. The van der Waals surface area contributed by atoms with Crippen LogP contribution in [0.25, 0.3) is 0 Å². The van der Waals surface area contributed by atoms with Gasteiger partial charge in [-0.3, -0.25) is 4.79 Å². The molecule has 1 amide bonds. The summed E-state index contributed by atoms with van der Waals surface area (Å²) in [5.74, 6) is 1.35. The van der Waals surface area contributed by atoms with Gasteiger partial charge in [0, 0.05) is 24.8 Å². The van der Waals surface area contributed by atoms with Crippen LogP contribution in [0.2, 0.25) is 0 Å². The normalized spacial score (nSPS) is 10.3. The van der Waals surface area contributed by atoms with Crippen LogP contribution >= 0.6 is 0 Å². The van der Waals surface area contributed by atoms with Crippen LogP contribution in [0.4, 0.5) is 11.4 Å². The molecular formula is C24H26N2O3. The molecule has 0 saturated carbocycles. The van der Waals surface area contributed by atoms with Gasteiger partial charge in [-0.1, -0.05) is 35.9 Å². The van der Waals surface area contributed by atoms with E-state index in [0.717, 1.165) is 28.3 Å². The molecule has 0 radical (unpaired) electrons. The van der Waals surface area contributed by atoms with Crippen LogP contribution in [0.3, 0.4) is 0 Å². The highest BCUT2D eigenvalue weighted by Crippen LogP contribution is 2.29. The zero-order valence-electron chi connectivity index (χ0n) is 17.0. The van der Waals surface area contributed by atoms with Crippen LogP contribution in [0, 0.1) is 6.92 Å². The van der Waals surface area contributed by atoms with Crippen molar-refractivity contribution in [1.29, 1.82) is 0 Å². The first-order valence-electron chi connectivity index (χ1n) is 9.50. The second-order valence-corrected chi connectivity index (χ2v) is 6.88. The van der Waals surface area contributed by atoms with Gasteiger partial charge in [0.2, 0.25) is 5.91 Å². The summed E-state index contributed by atoms with van der Waals surface area (Å²) >= 11 is 0. The van der Waals surface area contributed by atoms with E-state index in [2.05, 4.69) is 35.8 Å². The van der Waals surface area contributed by atoms with E-state index in [-0.39, 0.29) is 5.91 Å². The molecule has 5 heteroatoms. The van der Waals surface area contributed by atoms with Crippen molar-refractivity contribution in [3.8, 4) is 11.5 Å². The van der Waals surface area contributed by atoms with E-state index >= 15 is 0 Å². The Kier molecular flexibility index (Phi) is 6.74. The number of carbonyl (C=O) groups is 1. The smallest absolute Gasteiger partial charge is 0.221 e. The van der Waals surface area contributed by atoms with Gasteiger partial charge in [0.25, 0.3) is 0 Å². The van der Waals surface area contributed by atoms with Crippen LogP contribution < -0.4 is 20.1 Å². The summed E-state index contributed by atoms with van der Waals surface area (Å²) < 4.78 is 11.5. The van der Waals surface area contributed by atoms with Gasteiger partial charge < -0.3 is 20.1 Å². The van der Waals surface area contributed by atoms with Crippen molar-refractivity contribution in [2.75, 3.05) is 17.7 Å². The molecule has 0 bridgehead atoms. The zero-order valence-corrected chi connectivity index (χ0v) is 17.0. The maximum atomic E-state index is 11.1. The lowest BCUT2D eigenvalue weighted by Gasteiger charge is -2.13. The van der Waals surface area contributed by atoms with Gasteiger partial charge in [0.15, 0.2) is 11.5 Å². The van der Waals surface area contributed by atoms with Gasteiger partial charge >= 0.3 is 0 Å². The molecule has 0 aliphatic carbocycles. The van der Waals surface area contributed by atoms with Crippen LogP contribution in [-0.4, -0.2) is 13.0 Å². The van der Waals surface area contributed by atoms with Crippen LogP contribution in [0.15, 0.2) is 66.7 Å². The molecule has 0 unspecified atom stereocenters. The summed E-state index contributed by atoms with van der Waals surface area (Å²) in [6.07, 6.45) is 0. The molecule has 0 heterocycles. The first-order valence-corrected chi connectivity index (χ1v) is 9.50. The number of aryl methyl sites for hydroxylation is 1. The SMILES string of the molecule is COc1cc(CNc2ccc(NC(C)=O)cc2)ccc1OCc1cccc(C)c1. The Labute approximate surface area is 171 Å². The fourth-order valence-corrected chi connectivity index (χ4v) is 2.98. The highest BCUT2D eigenvalue weighted by molar-refractivity contribution is 5.88. The molecule has 5 nitrogen and oxygen atoms in total. The van der Waals surface area contributed by atoms with Gasteiger partial charge in [0.1, 0.15) is 6.61 Å². The first-order chi connectivity index (χ1) is 14.0. The molecule has 0 atom stereocenters. The Morgan fingerprint density at radius 2 is 1.66 bits per heavy atom. The average molecular weight is 390 g/mol. The standard InChI is InChI=1S/C24H26N2O3/c1-17-5-4-6-20(13-17)16-29-23-12-7-19(14-24(23)28-3)15-25-21-8-10-22(11-9-21)26-18(2)27/h4-14,25H,15-16H2,1-3H3,(H,26,27). The molecule has 3 aromatic carbocycles. The first kappa shape index (κ1) is 20.3. The van der Waals surface area contributed by atoms with Crippen molar-refractivity contribution < 1.29 is 14.3 Å². The Morgan fingerprint density at radius 3 is 2.34 bits per heavy atom. The van der Waals surface area contributed by atoms with E-state index in [1.165, 1.54) is 12.5 Å². The van der Waals surface area contributed by atoms with Crippen molar-refractivity contribution in [1.82, 2.24) is 0 Å². The van der Waals surface area contributed by atoms with E-state index < -0.39 is 0 Å². The molecule has 150 valence electrons. The molecule has 29 heavy (non-hydrogen) atoms. The van der Waals surface area contributed by atoms with E-state index in [1.807, 2.05) is 48.5 Å². The third-order valence-corrected chi connectivity index (χ3v) is 4.41. The highest BCUT2D eigenvalue weighted by Gasteiger charge is 2.07. The van der Waals surface area contributed by atoms with Crippen molar-refractivity contribution in [2.45, 2.75) is 27.0 Å². The van der Waals surface area contributed by atoms with E-state index in [4.69, 9.17) is 9.47 Å². The maximum absolute atomic E-state index is 11.1. The number of rotatable bonds is 8. The number of nitrogens with one attached hydrogen (secondary N) is 2. The third kappa shape index (κ3) is 6.01. The number of anilines is 2. The summed E-state index contributed by atoms with van der Waals surface area (Å²) in [5, 5.41) is 6.12. The second-order valence-electron chi connectivity index (χ2n) is 6.88. The lowest BCUT2D eigenvalue weighted by atomic mass is 10.1. The molecule has 3 rings (SSSR count). The van der Waals surface area contributed by atoms with E-state index in [1.54, 1.807) is 7.11 Å². The Bertz CT molecular complexity index is 968. The maximum Gasteiger partial charge on any atom is 0.221 e. The summed E-state index contributed by atoms with van der Waals surface area (Å²) in [5.41, 5.74) is 5.17. The molecule has 0 fully saturated rings. The van der Waals surface area contributed by atoms with Crippen molar-refractivity contribution >= 4 is 17.3 Å². The monoisotopic (exact) mass is 390 g/mol. The fourth-order valence-electron chi connectivity index (χ4n) is 2.98. The molecule has 0 spiro atoms. The third-order valence-electron chi connectivity index (χ3n) is 4.41. The van der Waals surface area contributed by atoms with Crippen LogP contribution in [-0.2, 0) is 17.9 Å². The second kappa shape index (κ2) is 9.64. The largest absolute Gasteiger partial charge is 0.493 e. The quantitative estimate of drug-likeness (QED) is 0.558. The van der Waals surface area contributed by atoms with Crippen molar-refractivity contribution in [3.05, 3.63) is 83.4 Å². The fraction of sp³-hybridized carbons (Fsp3) is 0.208. The van der Waals surface area contributed by atoms with Gasteiger partial charge in [0.05, 0.1) is 7.11 Å². The van der Waals surface area contributed by atoms with Crippen molar-refractivity contribution in [2.24, 2.45) is 0 Å². The zero-order chi connectivity index (χ0) is 20.6. The number of hydrogen-bond acceptors (Lipinski definition) is 4. The number of benzene rings is 3. The molecular weight excluding hydrogens is 364 g/mol. The molecule has 3 aromatic rings.